The summed E-state index contributed by atoms with van der Waals surface area (Å²) in [6.45, 7) is 9.12. The van der Waals surface area contributed by atoms with Crippen LogP contribution in [-0.4, -0.2) is 11.8 Å². The smallest absolute Gasteiger partial charge is 0.0513 e. The third kappa shape index (κ3) is 3.99. The fourth-order valence-corrected chi connectivity index (χ4v) is 5.49. The predicted molar refractivity (Wildman–Crippen MR) is 141 cm³/mol. The molecular formula is C30H38N2. The Bertz CT molecular complexity index is 1150. The van der Waals surface area contributed by atoms with Gasteiger partial charge in [0.1, 0.15) is 0 Å². The molecule has 0 radical (unpaired) electrons. The summed E-state index contributed by atoms with van der Waals surface area (Å²) < 4.78 is 0. The Morgan fingerprint density at radius 2 is 1.81 bits per heavy atom. The van der Waals surface area contributed by atoms with Crippen LogP contribution in [-0.2, 0) is 0 Å². The summed E-state index contributed by atoms with van der Waals surface area (Å²) in [5.74, 6) is 0.683. The molecule has 0 amide bonds. The van der Waals surface area contributed by atoms with Crippen LogP contribution in [0.15, 0.2) is 82.5 Å². The minimum atomic E-state index is 0. The van der Waals surface area contributed by atoms with Gasteiger partial charge >= 0.3 is 0 Å². The van der Waals surface area contributed by atoms with Crippen LogP contribution in [0.3, 0.4) is 0 Å². The highest BCUT2D eigenvalue weighted by Crippen LogP contribution is 2.43. The number of hydrogen-bond donors (Lipinski definition) is 1. The van der Waals surface area contributed by atoms with Gasteiger partial charge in [-0.05, 0) is 97.9 Å². The van der Waals surface area contributed by atoms with Gasteiger partial charge in [0.25, 0.3) is 0 Å². The number of benzene rings is 2. The number of nitrogens with one attached hydrogen (secondary N) is 1. The number of anilines is 1. The van der Waals surface area contributed by atoms with Crippen molar-refractivity contribution in [3.8, 4) is 0 Å². The van der Waals surface area contributed by atoms with Crippen LogP contribution < -0.4 is 5.32 Å². The molecule has 1 heterocycles. The van der Waals surface area contributed by atoms with E-state index in [0.717, 1.165) is 25.7 Å². The van der Waals surface area contributed by atoms with Crippen molar-refractivity contribution in [3.63, 3.8) is 0 Å². The summed E-state index contributed by atoms with van der Waals surface area (Å²) in [6, 6.07) is 15.7. The molecule has 1 aliphatic heterocycles. The highest BCUT2D eigenvalue weighted by molar-refractivity contribution is 5.62. The molecule has 0 saturated heterocycles. The van der Waals surface area contributed by atoms with Gasteiger partial charge in [-0.2, -0.15) is 0 Å². The molecule has 1 N–H and O–H groups in total. The lowest BCUT2D eigenvalue weighted by atomic mass is 9.83. The average molecular weight is 427 g/mol. The van der Waals surface area contributed by atoms with Gasteiger partial charge in [0.2, 0.25) is 0 Å². The summed E-state index contributed by atoms with van der Waals surface area (Å²) in [5.41, 5.74) is 10.9. The molecule has 0 aromatic heterocycles. The zero-order valence-electron chi connectivity index (χ0n) is 19.8. The Kier molecular flexibility index (Phi) is 5.41. The highest BCUT2D eigenvalue weighted by atomic mass is 15.0. The lowest BCUT2D eigenvalue weighted by Crippen LogP contribution is -2.31. The van der Waals surface area contributed by atoms with Crippen molar-refractivity contribution >= 4 is 11.9 Å². The zero-order valence-corrected chi connectivity index (χ0v) is 19.8. The standard InChI is InChI=1S/C30H34N2.2H2/c1-20-8-7-15-31-28(16-20)29(27-12-5-9-21(2)22(27)3)23-10-6-11-26(17-23)32-30(4)18-24-13-14-25(24)19-30;;/h5-6,9-17,20,29,32H,7-8,18-19H2,1-4H3;2*1H. The molecule has 2 atom stereocenters. The van der Waals surface area contributed by atoms with E-state index >= 15 is 0 Å². The van der Waals surface area contributed by atoms with Crippen molar-refractivity contribution in [2.45, 2.75) is 64.8 Å². The Morgan fingerprint density at radius 1 is 1.06 bits per heavy atom. The number of allylic oxidation sites excluding steroid dienone is 4. The van der Waals surface area contributed by atoms with Crippen LogP contribution in [0.1, 0.15) is 70.6 Å². The van der Waals surface area contributed by atoms with E-state index in [1.807, 2.05) is 0 Å². The maximum absolute atomic E-state index is 4.97. The Labute approximate surface area is 195 Å². The monoisotopic (exact) mass is 426 g/mol. The van der Waals surface area contributed by atoms with Crippen LogP contribution in [0, 0.1) is 19.8 Å². The van der Waals surface area contributed by atoms with Gasteiger partial charge in [0, 0.05) is 26.0 Å². The summed E-state index contributed by atoms with van der Waals surface area (Å²) in [7, 11) is 0. The molecule has 168 valence electrons. The summed E-state index contributed by atoms with van der Waals surface area (Å²) in [4.78, 5) is 4.97. The van der Waals surface area contributed by atoms with Crippen LogP contribution in [0.5, 0.6) is 0 Å². The topological polar surface area (TPSA) is 24.4 Å². The Morgan fingerprint density at radius 3 is 2.56 bits per heavy atom. The quantitative estimate of drug-likeness (QED) is 0.512. The number of aryl methyl sites for hydroxylation is 1. The Hall–Kier alpha value is -2.87. The maximum atomic E-state index is 4.97. The van der Waals surface area contributed by atoms with Crippen molar-refractivity contribution in [1.29, 1.82) is 0 Å². The van der Waals surface area contributed by atoms with E-state index in [4.69, 9.17) is 4.99 Å². The number of rotatable bonds is 5. The number of hydrogen-bond acceptors (Lipinski definition) is 2. The van der Waals surface area contributed by atoms with E-state index in [1.165, 1.54) is 44.8 Å². The SMILES string of the molecule is Cc1cccc(C(C2=CC(C)CCC=N2)c2cccc(NC3(C)CC4=C(C=C4)C3)c2)c1C.[HH].[HH]. The third-order valence-corrected chi connectivity index (χ3v) is 7.43. The number of nitrogens with zero attached hydrogens (tertiary/aromatic N) is 1. The first kappa shape index (κ1) is 21.0. The van der Waals surface area contributed by atoms with E-state index in [1.54, 1.807) is 0 Å². The number of aliphatic imine (C=N–C) groups is 1. The fraction of sp³-hybridized carbons (Fsp3) is 0.367. The van der Waals surface area contributed by atoms with E-state index < -0.39 is 0 Å². The highest BCUT2D eigenvalue weighted by Gasteiger charge is 2.35. The van der Waals surface area contributed by atoms with Gasteiger partial charge < -0.3 is 5.32 Å². The lowest BCUT2D eigenvalue weighted by Gasteiger charge is -2.28. The average Bonchev–Trinajstić information content (AvgIpc) is 2.88. The molecule has 2 aromatic carbocycles. The fourth-order valence-electron chi connectivity index (χ4n) is 5.49. The molecule has 2 unspecified atom stereocenters. The summed E-state index contributed by atoms with van der Waals surface area (Å²) >= 11 is 0. The van der Waals surface area contributed by atoms with E-state index in [9.17, 15) is 0 Å². The van der Waals surface area contributed by atoms with Crippen LogP contribution >= 0.6 is 0 Å². The molecule has 3 aliphatic rings. The van der Waals surface area contributed by atoms with Crippen molar-refractivity contribution < 1.29 is 2.85 Å². The van der Waals surface area contributed by atoms with Gasteiger partial charge in [-0.15, -0.1) is 0 Å². The summed E-state index contributed by atoms with van der Waals surface area (Å²) in [6.07, 6.45) is 13.5. The predicted octanol–water partition coefficient (Wildman–Crippen LogP) is 8.14. The van der Waals surface area contributed by atoms with Gasteiger partial charge in [0.05, 0.1) is 5.92 Å². The van der Waals surface area contributed by atoms with Gasteiger partial charge in [0.15, 0.2) is 0 Å². The Balaban J connectivity index is 0.00000162. The minimum Gasteiger partial charge on any atom is -0.379 e. The molecule has 0 saturated carbocycles. The van der Waals surface area contributed by atoms with Crippen molar-refractivity contribution in [3.05, 3.63) is 99.8 Å². The second-order valence-electron chi connectivity index (χ2n) is 10.2. The molecule has 0 spiro atoms. The first-order chi connectivity index (χ1) is 15.4. The molecule has 0 fully saturated rings. The molecule has 2 aliphatic carbocycles. The molecule has 2 nitrogen and oxygen atoms in total. The first-order valence-corrected chi connectivity index (χ1v) is 12.0. The first-order valence-electron chi connectivity index (χ1n) is 12.0. The summed E-state index contributed by atoms with van der Waals surface area (Å²) in [5, 5.41) is 3.88. The molecule has 2 heteroatoms. The largest absolute Gasteiger partial charge is 0.379 e. The van der Waals surface area contributed by atoms with Crippen molar-refractivity contribution in [2.24, 2.45) is 10.9 Å². The van der Waals surface area contributed by atoms with Crippen molar-refractivity contribution in [1.82, 2.24) is 0 Å². The van der Waals surface area contributed by atoms with E-state index in [2.05, 4.69) is 99.9 Å². The second-order valence-corrected chi connectivity index (χ2v) is 10.2. The van der Waals surface area contributed by atoms with Crippen molar-refractivity contribution in [2.75, 3.05) is 5.32 Å². The van der Waals surface area contributed by atoms with E-state index in [0.29, 0.717) is 5.92 Å². The van der Waals surface area contributed by atoms with Gasteiger partial charge in [-0.25, -0.2) is 0 Å². The zero-order chi connectivity index (χ0) is 22.3. The molecular weight excluding hydrogens is 388 g/mol. The third-order valence-electron chi connectivity index (χ3n) is 7.43. The van der Waals surface area contributed by atoms with Crippen LogP contribution in [0.4, 0.5) is 5.69 Å². The molecule has 32 heavy (non-hydrogen) atoms. The minimum absolute atomic E-state index is 0. The van der Waals surface area contributed by atoms with Crippen LogP contribution in [0.25, 0.3) is 0 Å². The molecule has 0 bridgehead atoms. The van der Waals surface area contributed by atoms with E-state index in [-0.39, 0.29) is 14.3 Å². The van der Waals surface area contributed by atoms with Crippen LogP contribution in [0.2, 0.25) is 0 Å². The normalized spacial score (nSPS) is 22.1. The molecule has 5 rings (SSSR count). The molecule has 2 aromatic rings. The lowest BCUT2D eigenvalue weighted by molar-refractivity contribution is 0.547. The van der Waals surface area contributed by atoms with Gasteiger partial charge in [-0.1, -0.05) is 55.5 Å². The van der Waals surface area contributed by atoms with Gasteiger partial charge in [-0.3, -0.25) is 4.99 Å². The maximum Gasteiger partial charge on any atom is 0.0513 e. The second kappa shape index (κ2) is 8.24.